The third-order valence-corrected chi connectivity index (χ3v) is 4.93. The number of hydrogen-bond donors (Lipinski definition) is 0. The van der Waals surface area contributed by atoms with Crippen molar-refractivity contribution < 1.29 is 9.85 Å². The highest BCUT2D eigenvalue weighted by molar-refractivity contribution is 5.82. The molecule has 0 aliphatic heterocycles. The maximum Gasteiger partial charge on any atom is 0.278 e. The van der Waals surface area contributed by atoms with Gasteiger partial charge in [-0.15, -0.1) is 0 Å². The van der Waals surface area contributed by atoms with Crippen LogP contribution in [0.5, 0.6) is 0 Å². The van der Waals surface area contributed by atoms with Crippen LogP contribution in [0.4, 0.5) is 11.4 Å². The quantitative estimate of drug-likeness (QED) is 0.221. The number of nitrogens with zero attached hydrogens (tertiary/aromatic N) is 2. The molecule has 0 heterocycles. The maximum atomic E-state index is 11.8. The minimum absolute atomic E-state index is 0.143. The van der Waals surface area contributed by atoms with Crippen molar-refractivity contribution >= 4 is 11.4 Å². The van der Waals surface area contributed by atoms with Gasteiger partial charge < -0.3 is 0 Å². The minimum atomic E-state index is -0.560. The standard InChI is InChI=1S/C28H16N2O4/c31-29(32)27-19-23(13-11-21-7-3-1-4-8-21)15-17-25(27)26-18-16-24(20-28(26)30(33)34)14-12-22-9-5-2-6-10-22/h1-10,15-20H. The fourth-order valence-corrected chi connectivity index (χ4v) is 3.31. The van der Waals surface area contributed by atoms with Crippen LogP contribution in [0.1, 0.15) is 22.3 Å². The van der Waals surface area contributed by atoms with E-state index in [0.717, 1.165) is 11.1 Å². The Morgan fingerprint density at radius 3 is 1.18 bits per heavy atom. The van der Waals surface area contributed by atoms with Crippen LogP contribution in [0, 0.1) is 43.9 Å². The van der Waals surface area contributed by atoms with E-state index in [1.165, 1.54) is 24.3 Å². The SMILES string of the molecule is O=[N+]([O-])c1cc(C#Cc2ccccc2)ccc1-c1ccc(C#Cc2ccccc2)cc1[N+](=O)[O-]. The van der Waals surface area contributed by atoms with Gasteiger partial charge in [0, 0.05) is 34.4 Å². The Bertz CT molecular complexity index is 1390. The van der Waals surface area contributed by atoms with Gasteiger partial charge in [-0.05, 0) is 48.5 Å². The van der Waals surface area contributed by atoms with Crippen LogP contribution in [0.3, 0.4) is 0 Å². The summed E-state index contributed by atoms with van der Waals surface area (Å²) < 4.78 is 0. The summed E-state index contributed by atoms with van der Waals surface area (Å²) in [6.45, 7) is 0. The molecule has 0 N–H and O–H groups in total. The van der Waals surface area contributed by atoms with Crippen LogP contribution in [-0.4, -0.2) is 9.85 Å². The molecular formula is C28H16N2O4. The molecule has 0 aliphatic carbocycles. The van der Waals surface area contributed by atoms with Gasteiger partial charge in [0.05, 0.1) is 21.0 Å². The zero-order chi connectivity index (χ0) is 23.9. The van der Waals surface area contributed by atoms with Gasteiger partial charge in [0.1, 0.15) is 0 Å². The van der Waals surface area contributed by atoms with Crippen molar-refractivity contribution in [2.45, 2.75) is 0 Å². The predicted octanol–water partition coefficient (Wildman–Crippen LogP) is 5.97. The highest BCUT2D eigenvalue weighted by Crippen LogP contribution is 2.37. The van der Waals surface area contributed by atoms with Gasteiger partial charge in [0.2, 0.25) is 0 Å². The first kappa shape index (κ1) is 22.0. The summed E-state index contributed by atoms with van der Waals surface area (Å²) in [4.78, 5) is 22.5. The lowest BCUT2D eigenvalue weighted by atomic mass is 9.98. The summed E-state index contributed by atoms with van der Waals surface area (Å²) in [6.07, 6.45) is 0. The summed E-state index contributed by atoms with van der Waals surface area (Å²) in [6, 6.07) is 27.4. The van der Waals surface area contributed by atoms with Crippen LogP contribution < -0.4 is 0 Å². The monoisotopic (exact) mass is 444 g/mol. The van der Waals surface area contributed by atoms with Crippen LogP contribution in [0.2, 0.25) is 0 Å². The molecule has 34 heavy (non-hydrogen) atoms. The van der Waals surface area contributed by atoms with E-state index in [1.54, 1.807) is 12.1 Å². The first-order valence-electron chi connectivity index (χ1n) is 10.2. The number of nitro benzene ring substituents is 2. The first-order chi connectivity index (χ1) is 16.5. The highest BCUT2D eigenvalue weighted by atomic mass is 16.6. The molecular weight excluding hydrogens is 428 g/mol. The van der Waals surface area contributed by atoms with E-state index in [9.17, 15) is 20.2 Å². The predicted molar refractivity (Wildman–Crippen MR) is 130 cm³/mol. The average molecular weight is 444 g/mol. The van der Waals surface area contributed by atoms with Gasteiger partial charge >= 0.3 is 0 Å². The zero-order valence-electron chi connectivity index (χ0n) is 17.8. The molecule has 4 aromatic carbocycles. The number of benzene rings is 4. The van der Waals surface area contributed by atoms with Gasteiger partial charge in [0.25, 0.3) is 11.4 Å². The van der Waals surface area contributed by atoms with Crippen LogP contribution in [0.15, 0.2) is 97.1 Å². The molecule has 6 heteroatoms. The number of hydrogen-bond acceptors (Lipinski definition) is 4. The second-order valence-corrected chi connectivity index (χ2v) is 7.21. The van der Waals surface area contributed by atoms with Crippen molar-refractivity contribution in [1.29, 1.82) is 0 Å². The van der Waals surface area contributed by atoms with Crippen molar-refractivity contribution in [3.8, 4) is 34.8 Å². The average Bonchev–Trinajstić information content (AvgIpc) is 2.87. The van der Waals surface area contributed by atoms with Crippen molar-refractivity contribution in [2.75, 3.05) is 0 Å². The molecule has 0 fully saturated rings. The van der Waals surface area contributed by atoms with Gasteiger partial charge in [-0.3, -0.25) is 20.2 Å². The molecule has 0 amide bonds. The second-order valence-electron chi connectivity index (χ2n) is 7.21. The Kier molecular flexibility index (Phi) is 6.44. The van der Waals surface area contributed by atoms with Crippen molar-refractivity contribution in [1.82, 2.24) is 0 Å². The topological polar surface area (TPSA) is 86.3 Å². The largest absolute Gasteiger partial charge is 0.278 e. The summed E-state index contributed by atoms with van der Waals surface area (Å²) in [5.41, 5.74) is 2.19. The van der Waals surface area contributed by atoms with E-state index in [4.69, 9.17) is 0 Å². The van der Waals surface area contributed by atoms with E-state index in [-0.39, 0.29) is 22.5 Å². The minimum Gasteiger partial charge on any atom is -0.258 e. The van der Waals surface area contributed by atoms with Gasteiger partial charge in [-0.25, -0.2) is 0 Å². The van der Waals surface area contributed by atoms with Gasteiger partial charge in [-0.2, -0.15) is 0 Å². The van der Waals surface area contributed by atoms with Gasteiger partial charge in [0.15, 0.2) is 0 Å². The summed E-state index contributed by atoms with van der Waals surface area (Å²) in [5, 5.41) is 23.6. The van der Waals surface area contributed by atoms with E-state index >= 15 is 0 Å². The van der Waals surface area contributed by atoms with E-state index in [2.05, 4.69) is 23.7 Å². The van der Waals surface area contributed by atoms with Crippen molar-refractivity contribution in [3.05, 3.63) is 140 Å². The van der Waals surface area contributed by atoms with Gasteiger partial charge in [-0.1, -0.05) is 60.1 Å². The smallest absolute Gasteiger partial charge is 0.258 e. The fraction of sp³-hybridized carbons (Fsp3) is 0. The normalized spacial score (nSPS) is 9.76. The van der Waals surface area contributed by atoms with Crippen molar-refractivity contribution in [2.24, 2.45) is 0 Å². The van der Waals surface area contributed by atoms with E-state index in [1.807, 2.05) is 60.7 Å². The summed E-state index contributed by atoms with van der Waals surface area (Å²) in [7, 11) is 0. The molecule has 0 saturated heterocycles. The zero-order valence-corrected chi connectivity index (χ0v) is 17.8. The molecule has 0 bridgehead atoms. The van der Waals surface area contributed by atoms with E-state index in [0.29, 0.717) is 11.1 Å². The third-order valence-electron chi connectivity index (χ3n) is 4.93. The fourth-order valence-electron chi connectivity index (χ4n) is 3.31. The molecule has 0 aromatic heterocycles. The third kappa shape index (κ3) is 5.16. The lowest BCUT2D eigenvalue weighted by Gasteiger charge is -2.06. The molecule has 6 nitrogen and oxygen atoms in total. The highest BCUT2D eigenvalue weighted by Gasteiger charge is 2.23. The molecule has 0 aliphatic rings. The Balaban J connectivity index is 1.74. The maximum absolute atomic E-state index is 11.8. The Morgan fingerprint density at radius 2 is 0.824 bits per heavy atom. The Morgan fingerprint density at radius 1 is 0.471 bits per heavy atom. The van der Waals surface area contributed by atoms with E-state index < -0.39 is 9.85 Å². The molecule has 162 valence electrons. The summed E-state index contributed by atoms with van der Waals surface area (Å²) in [5.74, 6) is 11.7. The molecule has 0 spiro atoms. The molecule has 0 unspecified atom stereocenters. The Hall–Kier alpha value is -5.20. The number of rotatable bonds is 3. The lowest BCUT2D eigenvalue weighted by molar-refractivity contribution is -0.386. The Labute approximate surface area is 195 Å². The van der Waals surface area contributed by atoms with Crippen molar-refractivity contribution in [3.63, 3.8) is 0 Å². The first-order valence-corrected chi connectivity index (χ1v) is 10.2. The molecule has 0 atom stereocenters. The molecule has 0 saturated carbocycles. The molecule has 4 aromatic rings. The lowest BCUT2D eigenvalue weighted by Crippen LogP contribution is -1.97. The number of nitro groups is 2. The van der Waals surface area contributed by atoms with Crippen LogP contribution in [-0.2, 0) is 0 Å². The van der Waals surface area contributed by atoms with Crippen LogP contribution >= 0.6 is 0 Å². The summed E-state index contributed by atoms with van der Waals surface area (Å²) >= 11 is 0. The second kappa shape index (κ2) is 9.95. The van der Waals surface area contributed by atoms with Crippen LogP contribution in [0.25, 0.3) is 11.1 Å². The molecule has 0 radical (unpaired) electrons. The molecule has 4 rings (SSSR count).